The largest absolute Gasteiger partial charge is 0.354 e. The first-order valence-corrected chi connectivity index (χ1v) is 6.45. The average molecular weight is 243 g/mol. The van der Waals surface area contributed by atoms with Gasteiger partial charge in [-0.2, -0.15) is 0 Å². The number of carbonyl (C=O) groups excluding carboxylic acids is 1. The molecule has 0 aromatic heterocycles. The summed E-state index contributed by atoms with van der Waals surface area (Å²) in [6, 6.07) is 0.365. The third-order valence-corrected chi connectivity index (χ3v) is 3.31. The molecule has 0 bridgehead atoms. The van der Waals surface area contributed by atoms with E-state index in [1.807, 2.05) is 27.9 Å². The van der Waals surface area contributed by atoms with Gasteiger partial charge in [0.2, 0.25) is 5.91 Å². The van der Waals surface area contributed by atoms with Crippen molar-refractivity contribution in [3.8, 4) is 0 Å². The van der Waals surface area contributed by atoms with Crippen LogP contribution in [-0.2, 0) is 4.79 Å². The number of nitrogens with two attached hydrogens (primary N) is 1. The van der Waals surface area contributed by atoms with Crippen LogP contribution in [0.25, 0.3) is 0 Å². The molecule has 2 unspecified atom stereocenters. The molecular weight excluding hydrogens is 214 g/mol. The highest BCUT2D eigenvalue weighted by Gasteiger charge is 2.22. The van der Waals surface area contributed by atoms with Crippen LogP contribution < -0.4 is 11.1 Å². The molecule has 0 rings (SSSR count). The molecule has 4 nitrogen and oxygen atoms in total. The summed E-state index contributed by atoms with van der Waals surface area (Å²) in [7, 11) is 4.08. The molecule has 2 atom stereocenters. The smallest absolute Gasteiger partial charge is 0.224 e. The number of nitrogens with zero attached hydrogens (tertiary/aromatic N) is 1. The molecule has 0 aliphatic carbocycles. The maximum Gasteiger partial charge on any atom is 0.224 e. The molecule has 0 aromatic rings. The van der Waals surface area contributed by atoms with Crippen molar-refractivity contribution < 1.29 is 4.79 Å². The Hall–Kier alpha value is -0.610. The molecule has 0 radical (unpaired) electrons. The van der Waals surface area contributed by atoms with Gasteiger partial charge in [0.05, 0.1) is 5.92 Å². The zero-order valence-electron chi connectivity index (χ0n) is 12.2. The van der Waals surface area contributed by atoms with Gasteiger partial charge < -0.3 is 16.0 Å². The van der Waals surface area contributed by atoms with Crippen LogP contribution in [0.1, 0.15) is 27.7 Å². The van der Waals surface area contributed by atoms with Crippen molar-refractivity contribution in [3.05, 3.63) is 0 Å². The van der Waals surface area contributed by atoms with E-state index in [0.29, 0.717) is 25.0 Å². The number of amides is 1. The minimum atomic E-state index is -0.0787. The number of carbonyl (C=O) groups is 1. The lowest BCUT2D eigenvalue weighted by atomic mass is 9.94. The first-order chi connectivity index (χ1) is 7.81. The summed E-state index contributed by atoms with van der Waals surface area (Å²) in [6.45, 7) is 9.50. The van der Waals surface area contributed by atoms with Crippen molar-refractivity contribution in [1.82, 2.24) is 10.2 Å². The van der Waals surface area contributed by atoms with Crippen LogP contribution in [0.4, 0.5) is 0 Å². The fraction of sp³-hybridized carbons (Fsp3) is 0.923. The molecular formula is C13H29N3O. The Morgan fingerprint density at radius 1 is 1.18 bits per heavy atom. The minimum Gasteiger partial charge on any atom is -0.354 e. The van der Waals surface area contributed by atoms with Gasteiger partial charge in [-0.25, -0.2) is 0 Å². The second kappa shape index (κ2) is 7.67. The molecule has 0 spiro atoms. The molecule has 4 heteroatoms. The fourth-order valence-corrected chi connectivity index (χ4v) is 2.03. The Balaban J connectivity index is 4.30. The van der Waals surface area contributed by atoms with Crippen molar-refractivity contribution in [2.75, 3.05) is 27.2 Å². The van der Waals surface area contributed by atoms with Crippen molar-refractivity contribution in [1.29, 1.82) is 0 Å². The molecule has 0 fully saturated rings. The number of rotatable bonds is 7. The SMILES string of the molecule is CC(C)C(CN)C(=O)NCC(C(C)C)N(C)C. The summed E-state index contributed by atoms with van der Waals surface area (Å²) >= 11 is 0. The first kappa shape index (κ1) is 16.4. The van der Waals surface area contributed by atoms with Crippen LogP contribution in [0, 0.1) is 17.8 Å². The number of hydrogen-bond acceptors (Lipinski definition) is 3. The van der Waals surface area contributed by atoms with E-state index in [2.05, 4.69) is 24.1 Å². The van der Waals surface area contributed by atoms with Gasteiger partial charge in [0.15, 0.2) is 0 Å². The second-order valence-electron chi connectivity index (χ2n) is 5.61. The maximum absolute atomic E-state index is 12.0. The Morgan fingerprint density at radius 3 is 2.00 bits per heavy atom. The topological polar surface area (TPSA) is 58.4 Å². The first-order valence-electron chi connectivity index (χ1n) is 6.45. The summed E-state index contributed by atoms with van der Waals surface area (Å²) in [6.07, 6.45) is 0. The van der Waals surface area contributed by atoms with Crippen molar-refractivity contribution in [2.45, 2.75) is 33.7 Å². The molecule has 17 heavy (non-hydrogen) atoms. The van der Waals surface area contributed by atoms with E-state index in [0.717, 1.165) is 0 Å². The summed E-state index contributed by atoms with van der Waals surface area (Å²) in [5.74, 6) is 0.803. The highest BCUT2D eigenvalue weighted by atomic mass is 16.1. The average Bonchev–Trinajstić information content (AvgIpc) is 2.16. The van der Waals surface area contributed by atoms with Gasteiger partial charge in [-0.05, 0) is 25.9 Å². The Bertz CT molecular complexity index is 219. The second-order valence-corrected chi connectivity index (χ2v) is 5.61. The summed E-state index contributed by atoms with van der Waals surface area (Å²) in [5, 5.41) is 3.02. The Morgan fingerprint density at radius 2 is 1.71 bits per heavy atom. The van der Waals surface area contributed by atoms with E-state index in [-0.39, 0.29) is 17.7 Å². The van der Waals surface area contributed by atoms with Crippen LogP contribution in [0.5, 0.6) is 0 Å². The molecule has 3 N–H and O–H groups in total. The van der Waals surface area contributed by atoms with Crippen LogP contribution in [0.15, 0.2) is 0 Å². The summed E-state index contributed by atoms with van der Waals surface area (Å²) in [4.78, 5) is 14.1. The number of hydrogen-bond donors (Lipinski definition) is 2. The lowest BCUT2D eigenvalue weighted by Gasteiger charge is -2.29. The van der Waals surface area contributed by atoms with Crippen molar-refractivity contribution in [3.63, 3.8) is 0 Å². The normalized spacial score (nSPS) is 15.4. The third-order valence-electron chi connectivity index (χ3n) is 3.31. The van der Waals surface area contributed by atoms with Gasteiger partial charge >= 0.3 is 0 Å². The molecule has 0 aromatic carbocycles. The van der Waals surface area contributed by atoms with Gasteiger partial charge in [0, 0.05) is 19.1 Å². The quantitative estimate of drug-likeness (QED) is 0.699. The van der Waals surface area contributed by atoms with E-state index in [9.17, 15) is 4.79 Å². The van der Waals surface area contributed by atoms with Gasteiger partial charge in [0.25, 0.3) is 0 Å². The Kier molecular flexibility index (Phi) is 7.39. The van der Waals surface area contributed by atoms with Gasteiger partial charge in [-0.15, -0.1) is 0 Å². The minimum absolute atomic E-state index is 0.0787. The highest BCUT2D eigenvalue weighted by molar-refractivity contribution is 5.79. The van der Waals surface area contributed by atoms with E-state index < -0.39 is 0 Å². The molecule has 0 heterocycles. The number of likely N-dealkylation sites (N-methyl/N-ethyl adjacent to an activating group) is 1. The highest BCUT2D eigenvalue weighted by Crippen LogP contribution is 2.10. The molecule has 0 saturated carbocycles. The molecule has 102 valence electrons. The molecule has 0 aliphatic rings. The van der Waals surface area contributed by atoms with Crippen LogP contribution >= 0.6 is 0 Å². The van der Waals surface area contributed by atoms with Crippen LogP contribution in [0.3, 0.4) is 0 Å². The van der Waals surface area contributed by atoms with Crippen LogP contribution in [-0.4, -0.2) is 44.0 Å². The van der Waals surface area contributed by atoms with Crippen molar-refractivity contribution in [2.24, 2.45) is 23.5 Å². The standard InChI is InChI=1S/C13H29N3O/c1-9(2)11(7-14)13(17)15-8-12(10(3)4)16(5)6/h9-12H,7-8,14H2,1-6H3,(H,15,17). The third kappa shape index (κ3) is 5.50. The van der Waals surface area contributed by atoms with Gasteiger partial charge in [0.1, 0.15) is 0 Å². The van der Waals surface area contributed by atoms with E-state index in [1.165, 1.54) is 0 Å². The summed E-state index contributed by atoms with van der Waals surface area (Å²) in [5.41, 5.74) is 5.63. The predicted octanol–water partition coefficient (Wildman–Crippen LogP) is 0.920. The van der Waals surface area contributed by atoms with Gasteiger partial charge in [-0.3, -0.25) is 4.79 Å². The van der Waals surface area contributed by atoms with E-state index in [4.69, 9.17) is 5.73 Å². The van der Waals surface area contributed by atoms with E-state index in [1.54, 1.807) is 0 Å². The molecule has 1 amide bonds. The predicted molar refractivity (Wildman–Crippen MR) is 72.7 cm³/mol. The molecule has 0 saturated heterocycles. The monoisotopic (exact) mass is 243 g/mol. The molecule has 0 aliphatic heterocycles. The van der Waals surface area contributed by atoms with Crippen LogP contribution in [0.2, 0.25) is 0 Å². The fourth-order valence-electron chi connectivity index (χ4n) is 2.03. The number of nitrogens with one attached hydrogen (secondary N) is 1. The lowest BCUT2D eigenvalue weighted by Crippen LogP contribution is -2.46. The van der Waals surface area contributed by atoms with Crippen molar-refractivity contribution >= 4 is 5.91 Å². The Labute approximate surface area is 106 Å². The maximum atomic E-state index is 12.0. The lowest BCUT2D eigenvalue weighted by molar-refractivity contribution is -0.126. The zero-order valence-corrected chi connectivity index (χ0v) is 12.2. The zero-order chi connectivity index (χ0) is 13.6. The summed E-state index contributed by atoms with van der Waals surface area (Å²) < 4.78 is 0. The van der Waals surface area contributed by atoms with E-state index >= 15 is 0 Å². The van der Waals surface area contributed by atoms with Gasteiger partial charge in [-0.1, -0.05) is 27.7 Å².